The third-order valence-corrected chi connectivity index (χ3v) is 4.49. The topological polar surface area (TPSA) is 55.4 Å². The predicted octanol–water partition coefficient (Wildman–Crippen LogP) is 4.69. The number of carbonyl (C=O) groups excluding carboxylic acids is 2. The Morgan fingerprint density at radius 2 is 1.83 bits per heavy atom. The van der Waals surface area contributed by atoms with E-state index in [2.05, 4.69) is 5.32 Å². The van der Waals surface area contributed by atoms with Gasteiger partial charge in [-0.05, 0) is 61.9 Å². The van der Waals surface area contributed by atoms with Crippen molar-refractivity contribution in [2.45, 2.75) is 30.9 Å². The van der Waals surface area contributed by atoms with E-state index in [1.165, 1.54) is 18.7 Å². The molecule has 126 valence electrons. The SMILES string of the molecule is CC(=O)Nc1ccc(SC(C)C(=O)Oc2ccc(Cl)cc2C)cc1. The highest BCUT2D eigenvalue weighted by atomic mass is 35.5. The summed E-state index contributed by atoms with van der Waals surface area (Å²) in [6.07, 6.45) is 0. The predicted molar refractivity (Wildman–Crippen MR) is 97.9 cm³/mol. The van der Waals surface area contributed by atoms with Crippen LogP contribution >= 0.6 is 23.4 Å². The summed E-state index contributed by atoms with van der Waals surface area (Å²) in [7, 11) is 0. The molecule has 1 atom stereocenters. The van der Waals surface area contributed by atoms with Crippen molar-refractivity contribution in [2.24, 2.45) is 0 Å². The molecular formula is C18H18ClNO3S. The van der Waals surface area contributed by atoms with Crippen molar-refractivity contribution >= 4 is 40.9 Å². The second kappa shape index (κ2) is 8.22. The van der Waals surface area contributed by atoms with Crippen molar-refractivity contribution in [3.63, 3.8) is 0 Å². The fraction of sp³-hybridized carbons (Fsp3) is 0.222. The van der Waals surface area contributed by atoms with Gasteiger partial charge < -0.3 is 10.1 Å². The molecule has 0 aliphatic heterocycles. The van der Waals surface area contributed by atoms with Crippen molar-refractivity contribution in [3.8, 4) is 5.75 Å². The maximum absolute atomic E-state index is 12.2. The van der Waals surface area contributed by atoms with Gasteiger partial charge in [-0.25, -0.2) is 0 Å². The van der Waals surface area contributed by atoms with Gasteiger partial charge in [0.25, 0.3) is 0 Å². The number of anilines is 1. The number of rotatable bonds is 5. The number of nitrogens with one attached hydrogen (secondary N) is 1. The van der Waals surface area contributed by atoms with Crippen LogP contribution in [0, 0.1) is 6.92 Å². The maximum atomic E-state index is 12.2. The van der Waals surface area contributed by atoms with Crippen LogP contribution in [0.5, 0.6) is 5.75 Å². The first-order chi connectivity index (χ1) is 11.3. The second-order valence-electron chi connectivity index (χ2n) is 5.30. The molecule has 4 nitrogen and oxygen atoms in total. The van der Waals surface area contributed by atoms with E-state index in [1.807, 2.05) is 19.1 Å². The molecule has 1 unspecified atom stereocenters. The summed E-state index contributed by atoms with van der Waals surface area (Å²) >= 11 is 7.29. The molecule has 0 spiro atoms. The first-order valence-electron chi connectivity index (χ1n) is 7.37. The van der Waals surface area contributed by atoms with Gasteiger partial charge in [0.05, 0.1) is 0 Å². The first-order valence-corrected chi connectivity index (χ1v) is 8.63. The van der Waals surface area contributed by atoms with Crippen molar-refractivity contribution < 1.29 is 14.3 Å². The zero-order valence-electron chi connectivity index (χ0n) is 13.6. The monoisotopic (exact) mass is 363 g/mol. The Morgan fingerprint density at radius 1 is 1.17 bits per heavy atom. The molecule has 2 rings (SSSR count). The van der Waals surface area contributed by atoms with Gasteiger partial charge in [-0.1, -0.05) is 11.6 Å². The standard InChI is InChI=1S/C18H18ClNO3S/c1-11-10-14(19)4-9-17(11)23-18(22)12(2)24-16-7-5-15(6-8-16)20-13(3)21/h4-10,12H,1-3H3,(H,20,21). The van der Waals surface area contributed by atoms with Crippen LogP contribution in [0.15, 0.2) is 47.4 Å². The largest absolute Gasteiger partial charge is 0.425 e. The molecule has 0 radical (unpaired) electrons. The van der Waals surface area contributed by atoms with Gasteiger partial charge in [-0.15, -0.1) is 11.8 Å². The summed E-state index contributed by atoms with van der Waals surface area (Å²) in [5.74, 6) is 0.0694. The lowest BCUT2D eigenvalue weighted by atomic mass is 10.2. The van der Waals surface area contributed by atoms with Gasteiger partial charge in [0.1, 0.15) is 11.0 Å². The number of thioether (sulfide) groups is 1. The summed E-state index contributed by atoms with van der Waals surface area (Å²) in [5.41, 5.74) is 1.53. The van der Waals surface area contributed by atoms with E-state index in [9.17, 15) is 9.59 Å². The van der Waals surface area contributed by atoms with Crippen LogP contribution in [-0.2, 0) is 9.59 Å². The number of carbonyl (C=O) groups is 2. The average Bonchev–Trinajstić information content (AvgIpc) is 2.51. The van der Waals surface area contributed by atoms with Crippen LogP contribution in [0.1, 0.15) is 19.4 Å². The Hall–Kier alpha value is -1.98. The molecule has 0 aliphatic carbocycles. The number of hydrogen-bond acceptors (Lipinski definition) is 4. The Morgan fingerprint density at radius 3 is 2.42 bits per heavy atom. The van der Waals surface area contributed by atoms with Crippen molar-refractivity contribution in [3.05, 3.63) is 53.1 Å². The molecule has 0 saturated carbocycles. The summed E-state index contributed by atoms with van der Waals surface area (Å²) in [6.45, 7) is 5.09. The molecule has 0 fully saturated rings. The lowest BCUT2D eigenvalue weighted by Gasteiger charge is -2.13. The van der Waals surface area contributed by atoms with Crippen molar-refractivity contribution in [1.29, 1.82) is 0 Å². The number of amides is 1. The summed E-state index contributed by atoms with van der Waals surface area (Å²) < 4.78 is 5.44. The van der Waals surface area contributed by atoms with Crippen LogP contribution in [0.2, 0.25) is 5.02 Å². The molecule has 1 amide bonds. The van der Waals surface area contributed by atoms with E-state index in [0.29, 0.717) is 10.8 Å². The van der Waals surface area contributed by atoms with Gasteiger partial charge in [-0.2, -0.15) is 0 Å². The summed E-state index contributed by atoms with van der Waals surface area (Å²) in [6, 6.07) is 12.4. The number of halogens is 1. The van der Waals surface area contributed by atoms with Gasteiger partial charge in [0.15, 0.2) is 0 Å². The molecule has 0 aliphatic rings. The Kier molecular flexibility index (Phi) is 6.29. The van der Waals surface area contributed by atoms with Gasteiger partial charge >= 0.3 is 5.97 Å². The molecule has 6 heteroatoms. The zero-order chi connectivity index (χ0) is 17.7. The van der Waals surface area contributed by atoms with Gasteiger partial charge in [-0.3, -0.25) is 9.59 Å². The third kappa shape index (κ3) is 5.28. The number of hydrogen-bond donors (Lipinski definition) is 1. The fourth-order valence-corrected chi connectivity index (χ4v) is 3.06. The molecule has 1 N–H and O–H groups in total. The van der Waals surface area contributed by atoms with Crippen LogP contribution in [0.25, 0.3) is 0 Å². The van der Waals surface area contributed by atoms with E-state index in [0.717, 1.165) is 16.1 Å². The highest BCUT2D eigenvalue weighted by molar-refractivity contribution is 8.00. The van der Waals surface area contributed by atoms with E-state index in [4.69, 9.17) is 16.3 Å². The van der Waals surface area contributed by atoms with Crippen LogP contribution in [0.4, 0.5) is 5.69 Å². The lowest BCUT2D eigenvalue weighted by Crippen LogP contribution is -2.20. The highest BCUT2D eigenvalue weighted by Crippen LogP contribution is 2.27. The molecule has 2 aromatic carbocycles. The van der Waals surface area contributed by atoms with Crippen molar-refractivity contribution in [1.82, 2.24) is 0 Å². The molecule has 0 saturated heterocycles. The molecule has 0 aromatic heterocycles. The van der Waals surface area contributed by atoms with Gasteiger partial charge in [0.2, 0.25) is 5.91 Å². The fourth-order valence-electron chi connectivity index (χ4n) is 1.99. The molecule has 0 heterocycles. The minimum atomic E-state index is -0.369. The van der Waals surface area contributed by atoms with E-state index >= 15 is 0 Å². The number of ether oxygens (including phenoxy) is 1. The minimum absolute atomic E-state index is 0.120. The minimum Gasteiger partial charge on any atom is -0.425 e. The van der Waals surface area contributed by atoms with Crippen LogP contribution in [-0.4, -0.2) is 17.1 Å². The quantitative estimate of drug-likeness (QED) is 0.475. The van der Waals surface area contributed by atoms with Crippen LogP contribution < -0.4 is 10.1 Å². The molecule has 2 aromatic rings. The number of esters is 1. The van der Waals surface area contributed by atoms with Crippen molar-refractivity contribution in [2.75, 3.05) is 5.32 Å². The summed E-state index contributed by atoms with van der Waals surface area (Å²) in [4.78, 5) is 24.2. The molecular weight excluding hydrogens is 346 g/mol. The normalized spacial score (nSPS) is 11.7. The Bertz CT molecular complexity index is 746. The molecule has 24 heavy (non-hydrogen) atoms. The maximum Gasteiger partial charge on any atom is 0.324 e. The Labute approximate surface area is 150 Å². The van der Waals surface area contributed by atoms with Gasteiger partial charge in [0, 0.05) is 22.5 Å². The summed E-state index contributed by atoms with van der Waals surface area (Å²) in [5, 5.41) is 2.94. The molecule has 0 bridgehead atoms. The number of benzene rings is 2. The average molecular weight is 364 g/mol. The number of aryl methyl sites for hydroxylation is 1. The van der Waals surface area contributed by atoms with E-state index < -0.39 is 0 Å². The van der Waals surface area contributed by atoms with E-state index in [-0.39, 0.29) is 17.1 Å². The highest BCUT2D eigenvalue weighted by Gasteiger charge is 2.18. The van der Waals surface area contributed by atoms with E-state index in [1.54, 1.807) is 37.3 Å². The Balaban J connectivity index is 1.97. The van der Waals surface area contributed by atoms with Crippen LogP contribution in [0.3, 0.4) is 0 Å². The lowest BCUT2D eigenvalue weighted by molar-refractivity contribution is -0.133. The first kappa shape index (κ1) is 18.4. The second-order valence-corrected chi connectivity index (χ2v) is 7.15. The third-order valence-electron chi connectivity index (χ3n) is 3.17. The zero-order valence-corrected chi connectivity index (χ0v) is 15.2. The smallest absolute Gasteiger partial charge is 0.324 e.